The van der Waals surface area contributed by atoms with E-state index in [1.165, 1.54) is 0 Å². The van der Waals surface area contributed by atoms with Crippen LogP contribution in [-0.4, -0.2) is 41.8 Å². The van der Waals surface area contributed by atoms with Crippen molar-refractivity contribution < 1.29 is 4.79 Å². The van der Waals surface area contributed by atoms with E-state index >= 15 is 0 Å². The van der Waals surface area contributed by atoms with Crippen molar-refractivity contribution in [3.63, 3.8) is 0 Å². The van der Waals surface area contributed by atoms with E-state index in [1.54, 1.807) is 17.9 Å². The molecule has 0 saturated carbocycles. The van der Waals surface area contributed by atoms with E-state index in [1.807, 2.05) is 20.0 Å². The van der Waals surface area contributed by atoms with Gasteiger partial charge in [0.2, 0.25) is 5.91 Å². The largest absolute Gasteiger partial charge is 0.356 e. The number of aliphatic imine (C=N–C) groups is 1. The Morgan fingerprint density at radius 2 is 2.10 bits per heavy atom. The first-order valence-electron chi connectivity index (χ1n) is 6.85. The van der Waals surface area contributed by atoms with Gasteiger partial charge in [-0.3, -0.25) is 14.5 Å². The third-order valence-electron chi connectivity index (χ3n) is 2.80. The van der Waals surface area contributed by atoms with Gasteiger partial charge >= 0.3 is 0 Å². The van der Waals surface area contributed by atoms with Gasteiger partial charge in [-0.2, -0.15) is 5.10 Å². The second-order valence-electron chi connectivity index (χ2n) is 4.40. The molecule has 0 unspecified atom stereocenters. The Balaban J connectivity index is 0.00000400. The summed E-state index contributed by atoms with van der Waals surface area (Å²) in [7, 11) is 3.60. The zero-order chi connectivity index (χ0) is 14.8. The molecule has 1 rings (SSSR count). The van der Waals surface area contributed by atoms with E-state index < -0.39 is 0 Å². The van der Waals surface area contributed by atoms with Gasteiger partial charge in [0, 0.05) is 39.8 Å². The second-order valence-corrected chi connectivity index (χ2v) is 4.40. The third-order valence-corrected chi connectivity index (χ3v) is 2.80. The minimum Gasteiger partial charge on any atom is -0.356 e. The fourth-order valence-corrected chi connectivity index (χ4v) is 1.62. The van der Waals surface area contributed by atoms with Crippen LogP contribution in [0.4, 0.5) is 0 Å². The van der Waals surface area contributed by atoms with Crippen LogP contribution in [0.15, 0.2) is 17.3 Å². The van der Waals surface area contributed by atoms with Gasteiger partial charge < -0.3 is 16.0 Å². The first-order chi connectivity index (χ1) is 9.67. The monoisotopic (exact) mass is 408 g/mol. The number of hydrogen-bond acceptors (Lipinski definition) is 3. The lowest BCUT2D eigenvalue weighted by Gasteiger charge is -2.11. The highest BCUT2D eigenvalue weighted by atomic mass is 127. The smallest absolute Gasteiger partial charge is 0.221 e. The lowest BCUT2D eigenvalue weighted by molar-refractivity contribution is -0.120. The molecule has 0 atom stereocenters. The molecule has 21 heavy (non-hydrogen) atoms. The van der Waals surface area contributed by atoms with E-state index in [9.17, 15) is 4.79 Å². The quantitative estimate of drug-likeness (QED) is 0.351. The molecule has 1 aromatic rings. The predicted molar refractivity (Wildman–Crippen MR) is 94.7 cm³/mol. The first-order valence-corrected chi connectivity index (χ1v) is 6.85. The zero-order valence-electron chi connectivity index (χ0n) is 12.8. The molecular formula is C13H25IN6O. The summed E-state index contributed by atoms with van der Waals surface area (Å²) >= 11 is 0. The van der Waals surface area contributed by atoms with Crippen LogP contribution in [0.1, 0.15) is 25.5 Å². The van der Waals surface area contributed by atoms with E-state index in [0.717, 1.165) is 18.7 Å². The summed E-state index contributed by atoms with van der Waals surface area (Å²) in [4.78, 5) is 15.5. The minimum atomic E-state index is 0. The summed E-state index contributed by atoms with van der Waals surface area (Å²) in [6.07, 6.45) is 3.14. The minimum absolute atomic E-state index is 0. The van der Waals surface area contributed by atoms with Crippen LogP contribution in [0, 0.1) is 0 Å². The number of carbonyl (C=O) groups excluding carboxylic acids is 1. The normalized spacial score (nSPS) is 10.7. The summed E-state index contributed by atoms with van der Waals surface area (Å²) in [5, 5.41) is 13.2. The van der Waals surface area contributed by atoms with Gasteiger partial charge in [-0.1, -0.05) is 6.92 Å². The van der Waals surface area contributed by atoms with Crippen molar-refractivity contribution in [2.75, 3.05) is 20.1 Å². The van der Waals surface area contributed by atoms with E-state index in [2.05, 4.69) is 26.0 Å². The van der Waals surface area contributed by atoms with Crippen molar-refractivity contribution in [1.29, 1.82) is 0 Å². The second kappa shape index (κ2) is 11.4. The van der Waals surface area contributed by atoms with Crippen molar-refractivity contribution in [3.05, 3.63) is 18.0 Å². The Labute approximate surface area is 143 Å². The fourth-order valence-electron chi connectivity index (χ4n) is 1.62. The summed E-state index contributed by atoms with van der Waals surface area (Å²) in [5.74, 6) is 0.732. The first kappa shape index (κ1) is 19.7. The number of rotatable bonds is 7. The molecule has 0 aromatic carbocycles. The molecule has 0 aliphatic heterocycles. The number of aromatic nitrogens is 2. The van der Waals surface area contributed by atoms with Crippen molar-refractivity contribution >= 4 is 35.8 Å². The van der Waals surface area contributed by atoms with Gasteiger partial charge in [0.1, 0.15) is 0 Å². The zero-order valence-corrected chi connectivity index (χ0v) is 15.2. The predicted octanol–water partition coefficient (Wildman–Crippen LogP) is 0.619. The third kappa shape index (κ3) is 7.88. The number of hydrogen-bond donors (Lipinski definition) is 3. The number of halogens is 1. The van der Waals surface area contributed by atoms with E-state index in [0.29, 0.717) is 25.5 Å². The molecule has 8 heteroatoms. The molecule has 1 heterocycles. The van der Waals surface area contributed by atoms with Crippen LogP contribution in [0.3, 0.4) is 0 Å². The van der Waals surface area contributed by atoms with Crippen LogP contribution in [0.2, 0.25) is 0 Å². The summed E-state index contributed by atoms with van der Waals surface area (Å²) in [5.41, 5.74) is 1.06. The van der Waals surface area contributed by atoms with Crippen LogP contribution in [0.5, 0.6) is 0 Å². The molecule has 0 fully saturated rings. The maximum absolute atomic E-state index is 11.4. The molecule has 0 aliphatic carbocycles. The molecule has 1 amide bonds. The van der Waals surface area contributed by atoms with Crippen LogP contribution in [0.25, 0.3) is 0 Å². The molecule has 0 spiro atoms. The number of carbonyl (C=O) groups is 1. The topological polar surface area (TPSA) is 83.3 Å². The van der Waals surface area contributed by atoms with Gasteiger partial charge in [0.15, 0.2) is 5.96 Å². The van der Waals surface area contributed by atoms with Gasteiger partial charge in [-0.05, 0) is 12.5 Å². The van der Waals surface area contributed by atoms with Gasteiger partial charge in [0.25, 0.3) is 0 Å². The highest BCUT2D eigenvalue weighted by molar-refractivity contribution is 14.0. The van der Waals surface area contributed by atoms with Crippen molar-refractivity contribution in [2.45, 2.75) is 26.3 Å². The van der Waals surface area contributed by atoms with Gasteiger partial charge in [-0.25, -0.2) is 0 Å². The Bertz CT molecular complexity index is 446. The standard InChI is InChI=1S/C13H24N6O.HI/c1-4-7-15-12(20)6-8-16-13(14-2)17-10-11-5-9-18-19(11)3;/h5,9H,4,6-8,10H2,1-3H3,(H,15,20)(H2,14,16,17);1H. The summed E-state index contributed by atoms with van der Waals surface area (Å²) in [6, 6.07) is 1.94. The number of guanidine groups is 1. The van der Waals surface area contributed by atoms with Crippen molar-refractivity contribution in [3.8, 4) is 0 Å². The SMILES string of the molecule is CCCNC(=O)CCNC(=NC)NCc1ccnn1C.I. The molecule has 120 valence electrons. The Hall–Kier alpha value is -1.32. The van der Waals surface area contributed by atoms with Crippen LogP contribution < -0.4 is 16.0 Å². The molecule has 0 saturated heterocycles. The number of nitrogens with zero attached hydrogens (tertiary/aromatic N) is 3. The van der Waals surface area contributed by atoms with Gasteiger partial charge in [0.05, 0.1) is 12.2 Å². The Morgan fingerprint density at radius 1 is 1.33 bits per heavy atom. The summed E-state index contributed by atoms with van der Waals surface area (Å²) < 4.78 is 1.80. The maximum atomic E-state index is 11.4. The number of amides is 1. The van der Waals surface area contributed by atoms with Gasteiger partial charge in [-0.15, -0.1) is 24.0 Å². The highest BCUT2D eigenvalue weighted by Gasteiger charge is 2.03. The number of nitrogens with one attached hydrogen (secondary N) is 3. The summed E-state index contributed by atoms with van der Waals surface area (Å²) in [6.45, 7) is 3.95. The van der Waals surface area contributed by atoms with Crippen LogP contribution in [-0.2, 0) is 18.4 Å². The van der Waals surface area contributed by atoms with Crippen molar-refractivity contribution in [1.82, 2.24) is 25.7 Å². The molecule has 7 nitrogen and oxygen atoms in total. The average molecular weight is 408 g/mol. The Morgan fingerprint density at radius 3 is 2.67 bits per heavy atom. The Kier molecular flexibility index (Phi) is 10.6. The number of aryl methyl sites for hydroxylation is 1. The molecule has 0 aliphatic rings. The molecule has 3 N–H and O–H groups in total. The van der Waals surface area contributed by atoms with Crippen LogP contribution >= 0.6 is 24.0 Å². The molecule has 0 radical (unpaired) electrons. The molecule has 1 aromatic heterocycles. The average Bonchev–Trinajstić information content (AvgIpc) is 2.85. The van der Waals surface area contributed by atoms with Crippen molar-refractivity contribution in [2.24, 2.45) is 12.0 Å². The van der Waals surface area contributed by atoms with E-state index in [-0.39, 0.29) is 29.9 Å². The lowest BCUT2D eigenvalue weighted by Crippen LogP contribution is -2.39. The lowest BCUT2D eigenvalue weighted by atomic mass is 10.3. The maximum Gasteiger partial charge on any atom is 0.221 e. The fraction of sp³-hybridized carbons (Fsp3) is 0.615. The molecular weight excluding hydrogens is 383 g/mol. The molecule has 0 bridgehead atoms. The van der Waals surface area contributed by atoms with E-state index in [4.69, 9.17) is 0 Å². The highest BCUT2D eigenvalue weighted by Crippen LogP contribution is 1.94.